The van der Waals surface area contributed by atoms with Crippen LogP contribution in [0.2, 0.25) is 0 Å². The fraction of sp³-hybridized carbons (Fsp3) is 0.846. The molecule has 2 aliphatic rings. The Hall–Kier alpha value is -1.10. The first-order valence-corrected chi connectivity index (χ1v) is 6.87. The van der Waals surface area contributed by atoms with E-state index in [4.69, 9.17) is 5.73 Å². The van der Waals surface area contributed by atoms with E-state index in [1.165, 1.54) is 6.92 Å². The number of carbonyl (C=O) groups is 2. The number of nitrogens with two attached hydrogens (primary N) is 1. The van der Waals surface area contributed by atoms with Crippen LogP contribution in [-0.2, 0) is 9.59 Å². The Kier molecular flexibility index (Phi) is 3.90. The van der Waals surface area contributed by atoms with Crippen LogP contribution < -0.4 is 11.1 Å². The highest BCUT2D eigenvalue weighted by Gasteiger charge is 2.40. The van der Waals surface area contributed by atoms with Crippen LogP contribution in [0.5, 0.6) is 0 Å². The van der Waals surface area contributed by atoms with E-state index in [1.54, 1.807) is 0 Å². The largest absolute Gasteiger partial charge is 0.352 e. The van der Waals surface area contributed by atoms with Crippen LogP contribution in [0.15, 0.2) is 0 Å². The number of amides is 2. The fourth-order valence-corrected chi connectivity index (χ4v) is 3.10. The maximum Gasteiger partial charge on any atom is 0.242 e. The fourth-order valence-electron chi connectivity index (χ4n) is 3.10. The molecule has 1 saturated carbocycles. The Balaban J connectivity index is 1.95. The van der Waals surface area contributed by atoms with Gasteiger partial charge in [0.05, 0.1) is 5.54 Å². The predicted octanol–water partition coefficient (Wildman–Crippen LogP) is 0.385. The summed E-state index contributed by atoms with van der Waals surface area (Å²) in [5, 5.41) is 2.90. The van der Waals surface area contributed by atoms with Crippen LogP contribution in [-0.4, -0.2) is 41.4 Å². The first kappa shape index (κ1) is 13.3. The summed E-state index contributed by atoms with van der Waals surface area (Å²) in [6.45, 7) is 2.90. The molecule has 2 rings (SSSR count). The number of rotatable bonds is 2. The average Bonchev–Trinajstić information content (AvgIpc) is 2.76. The Morgan fingerprint density at radius 2 is 1.94 bits per heavy atom. The molecule has 0 bridgehead atoms. The summed E-state index contributed by atoms with van der Waals surface area (Å²) in [5.74, 6) is 0.0488. The van der Waals surface area contributed by atoms with Gasteiger partial charge in [0.1, 0.15) is 0 Å². The van der Waals surface area contributed by atoms with Gasteiger partial charge in [-0.1, -0.05) is 12.8 Å². The lowest BCUT2D eigenvalue weighted by molar-refractivity contribution is -0.138. The predicted molar refractivity (Wildman–Crippen MR) is 68.8 cm³/mol. The lowest BCUT2D eigenvalue weighted by Crippen LogP contribution is -2.58. The third-order valence-electron chi connectivity index (χ3n) is 4.04. The second-order valence-electron chi connectivity index (χ2n) is 5.65. The molecule has 1 atom stereocenters. The first-order valence-electron chi connectivity index (χ1n) is 6.87. The summed E-state index contributed by atoms with van der Waals surface area (Å²) >= 11 is 0. The number of likely N-dealkylation sites (tertiary alicyclic amines) is 1. The SMILES string of the molecule is CC(=O)N[C@H]1CCCN(C(=O)C2(N)CCCC2)C1. The summed E-state index contributed by atoms with van der Waals surface area (Å²) in [7, 11) is 0. The molecule has 5 nitrogen and oxygen atoms in total. The summed E-state index contributed by atoms with van der Waals surface area (Å²) < 4.78 is 0. The topological polar surface area (TPSA) is 75.4 Å². The van der Waals surface area contributed by atoms with Gasteiger partial charge in [0.25, 0.3) is 0 Å². The van der Waals surface area contributed by atoms with E-state index in [1.807, 2.05) is 4.90 Å². The van der Waals surface area contributed by atoms with Crippen molar-refractivity contribution in [3.63, 3.8) is 0 Å². The van der Waals surface area contributed by atoms with Crippen molar-refractivity contribution in [1.29, 1.82) is 0 Å². The van der Waals surface area contributed by atoms with Crippen molar-refractivity contribution in [2.45, 2.75) is 57.0 Å². The smallest absolute Gasteiger partial charge is 0.242 e. The lowest BCUT2D eigenvalue weighted by Gasteiger charge is -2.37. The third-order valence-corrected chi connectivity index (χ3v) is 4.04. The molecular formula is C13H23N3O2. The number of piperidine rings is 1. The van der Waals surface area contributed by atoms with Gasteiger partial charge in [-0.2, -0.15) is 0 Å². The molecule has 2 amide bonds. The maximum atomic E-state index is 12.4. The van der Waals surface area contributed by atoms with Crippen LogP contribution in [0.25, 0.3) is 0 Å². The van der Waals surface area contributed by atoms with E-state index in [-0.39, 0.29) is 17.9 Å². The monoisotopic (exact) mass is 253 g/mol. The van der Waals surface area contributed by atoms with Gasteiger partial charge >= 0.3 is 0 Å². The molecule has 0 aromatic rings. The van der Waals surface area contributed by atoms with Gasteiger partial charge in [-0.15, -0.1) is 0 Å². The molecule has 18 heavy (non-hydrogen) atoms. The molecule has 3 N–H and O–H groups in total. The highest BCUT2D eigenvalue weighted by atomic mass is 16.2. The molecule has 0 spiro atoms. The maximum absolute atomic E-state index is 12.4. The van der Waals surface area contributed by atoms with Gasteiger partial charge < -0.3 is 16.0 Å². The molecule has 1 aliphatic carbocycles. The van der Waals surface area contributed by atoms with Crippen LogP contribution in [0, 0.1) is 0 Å². The van der Waals surface area contributed by atoms with Crippen molar-refractivity contribution in [3.05, 3.63) is 0 Å². The zero-order chi connectivity index (χ0) is 13.2. The van der Waals surface area contributed by atoms with Gasteiger partial charge in [0.2, 0.25) is 11.8 Å². The number of nitrogens with zero attached hydrogens (tertiary/aromatic N) is 1. The highest BCUT2D eigenvalue weighted by Crippen LogP contribution is 2.29. The second-order valence-corrected chi connectivity index (χ2v) is 5.65. The Morgan fingerprint density at radius 3 is 2.56 bits per heavy atom. The summed E-state index contributed by atoms with van der Waals surface area (Å²) in [6.07, 6.45) is 5.57. The van der Waals surface area contributed by atoms with Gasteiger partial charge in [-0.05, 0) is 25.7 Å². The number of carbonyl (C=O) groups excluding carboxylic acids is 2. The zero-order valence-corrected chi connectivity index (χ0v) is 11.1. The molecule has 1 aliphatic heterocycles. The van der Waals surface area contributed by atoms with E-state index in [9.17, 15) is 9.59 Å². The molecule has 1 heterocycles. The van der Waals surface area contributed by atoms with Crippen LogP contribution in [0.3, 0.4) is 0 Å². The minimum absolute atomic E-state index is 0.0300. The number of nitrogens with one attached hydrogen (secondary N) is 1. The zero-order valence-electron chi connectivity index (χ0n) is 11.1. The molecule has 0 unspecified atom stereocenters. The molecule has 0 aromatic heterocycles. The molecule has 2 fully saturated rings. The highest BCUT2D eigenvalue weighted by molar-refractivity contribution is 5.86. The molecule has 102 valence electrons. The molecule has 0 radical (unpaired) electrons. The van der Waals surface area contributed by atoms with E-state index >= 15 is 0 Å². The third kappa shape index (κ3) is 2.83. The minimum atomic E-state index is -0.641. The van der Waals surface area contributed by atoms with Gasteiger partial charge in [-0.25, -0.2) is 0 Å². The van der Waals surface area contributed by atoms with Crippen LogP contribution in [0.1, 0.15) is 45.4 Å². The van der Waals surface area contributed by atoms with E-state index in [0.29, 0.717) is 6.54 Å². The standard InChI is InChI=1S/C13H23N3O2/c1-10(17)15-11-5-4-8-16(9-11)12(18)13(14)6-2-3-7-13/h11H,2-9,14H2,1H3,(H,15,17)/t11-/m0/s1. The summed E-state index contributed by atoms with van der Waals surface area (Å²) in [6, 6.07) is 0.0882. The normalized spacial score (nSPS) is 27.0. The Morgan fingerprint density at radius 1 is 1.28 bits per heavy atom. The van der Waals surface area contributed by atoms with Crippen LogP contribution >= 0.6 is 0 Å². The van der Waals surface area contributed by atoms with Gasteiger partial charge in [0, 0.05) is 26.1 Å². The number of hydrogen-bond donors (Lipinski definition) is 2. The molecule has 1 saturated heterocycles. The van der Waals surface area contributed by atoms with Gasteiger partial charge in [0.15, 0.2) is 0 Å². The van der Waals surface area contributed by atoms with E-state index in [0.717, 1.165) is 45.1 Å². The van der Waals surface area contributed by atoms with Gasteiger partial charge in [-0.3, -0.25) is 9.59 Å². The van der Waals surface area contributed by atoms with Crippen molar-refractivity contribution >= 4 is 11.8 Å². The van der Waals surface area contributed by atoms with Crippen molar-refractivity contribution in [1.82, 2.24) is 10.2 Å². The van der Waals surface area contributed by atoms with Crippen molar-refractivity contribution in [2.24, 2.45) is 5.73 Å². The lowest BCUT2D eigenvalue weighted by atomic mass is 9.95. The Labute approximate surface area is 108 Å². The van der Waals surface area contributed by atoms with Crippen molar-refractivity contribution in [2.75, 3.05) is 13.1 Å². The first-order chi connectivity index (χ1) is 8.51. The quantitative estimate of drug-likeness (QED) is 0.747. The van der Waals surface area contributed by atoms with Crippen molar-refractivity contribution in [3.8, 4) is 0 Å². The molecule has 0 aromatic carbocycles. The van der Waals surface area contributed by atoms with E-state index in [2.05, 4.69) is 5.32 Å². The average molecular weight is 253 g/mol. The number of hydrogen-bond acceptors (Lipinski definition) is 3. The Bertz CT molecular complexity index is 337. The van der Waals surface area contributed by atoms with E-state index < -0.39 is 5.54 Å². The molecular weight excluding hydrogens is 230 g/mol. The van der Waals surface area contributed by atoms with Crippen molar-refractivity contribution < 1.29 is 9.59 Å². The second kappa shape index (κ2) is 5.26. The minimum Gasteiger partial charge on any atom is -0.352 e. The summed E-state index contributed by atoms with van der Waals surface area (Å²) in [4.78, 5) is 25.4. The van der Waals surface area contributed by atoms with Crippen LogP contribution in [0.4, 0.5) is 0 Å². The molecule has 5 heteroatoms. The summed E-state index contributed by atoms with van der Waals surface area (Å²) in [5.41, 5.74) is 5.56.